The zero-order valence-electron chi connectivity index (χ0n) is 84.8. The van der Waals surface area contributed by atoms with Gasteiger partial charge < -0.3 is 65.7 Å². The maximum Gasteiger partial charge on any atom is 0.0965 e. The first-order valence-electron chi connectivity index (χ1n) is 45.8. The maximum atomic E-state index is 10.1. The van der Waals surface area contributed by atoms with Crippen LogP contribution < -0.4 is 26.6 Å². The van der Waals surface area contributed by atoms with Crippen molar-refractivity contribution in [3.8, 4) is 0 Å². The van der Waals surface area contributed by atoms with Crippen LogP contribution in [0.2, 0.25) is 0 Å². The lowest BCUT2D eigenvalue weighted by atomic mass is 9.77. The van der Waals surface area contributed by atoms with Crippen LogP contribution >= 0.6 is 0 Å². The number of ether oxygens (including phenoxy) is 5. The summed E-state index contributed by atoms with van der Waals surface area (Å²) < 4.78 is 28.8. The van der Waals surface area contributed by atoms with Gasteiger partial charge in [-0.25, -0.2) is 0 Å². The van der Waals surface area contributed by atoms with Crippen molar-refractivity contribution in [3.63, 3.8) is 0 Å². The largest absolute Gasteiger partial charge is 0.381 e. The summed E-state index contributed by atoms with van der Waals surface area (Å²) in [5.41, 5.74) is 1.81. The Morgan fingerprint density at radius 2 is 0.442 bits per heavy atom. The van der Waals surface area contributed by atoms with Gasteiger partial charge in [-0.2, -0.15) is 5.06 Å². The van der Waals surface area contributed by atoms with E-state index in [1.165, 1.54) is 30.7 Å². The molecular formula is C101H197N11O8. The number of aliphatic hydroxyl groups is 2. The van der Waals surface area contributed by atoms with Gasteiger partial charge in [0, 0.05) is 126 Å². The fourth-order valence-corrected chi connectivity index (χ4v) is 21.8. The first-order chi connectivity index (χ1) is 54.5. The van der Waals surface area contributed by atoms with Gasteiger partial charge in [0.2, 0.25) is 0 Å². The lowest BCUT2D eigenvalue weighted by Gasteiger charge is -2.54. The molecule has 0 spiro atoms. The summed E-state index contributed by atoms with van der Waals surface area (Å²) in [6.45, 7) is 107. The average Bonchev–Trinajstić information content (AvgIpc) is 0.784. The highest BCUT2D eigenvalue weighted by Crippen LogP contribution is 2.44. The average molecular weight is 1690 g/mol. The Morgan fingerprint density at radius 3 is 0.658 bits per heavy atom. The molecular weight excluding hydrogens is 1500 g/mol. The fourth-order valence-electron chi connectivity index (χ4n) is 21.8. The second kappa shape index (κ2) is 48.0. The lowest BCUT2D eigenvalue weighted by Crippen LogP contribution is -2.64. The van der Waals surface area contributed by atoms with Crippen molar-refractivity contribution in [2.75, 3.05) is 87.3 Å². The minimum absolute atomic E-state index is 0.0255. The monoisotopic (exact) mass is 1690 g/mol. The van der Waals surface area contributed by atoms with Crippen molar-refractivity contribution >= 4 is 0 Å². The normalized spacial score (nSPS) is 26.1. The molecule has 0 saturated carbocycles. The first-order valence-corrected chi connectivity index (χ1v) is 45.8. The molecule has 0 aromatic rings. The molecule has 8 heterocycles. The Labute approximate surface area is 741 Å². The van der Waals surface area contributed by atoms with Crippen LogP contribution in [0.25, 0.3) is 0 Å². The molecule has 0 aliphatic carbocycles. The topological polar surface area (TPSA) is 186 Å². The third-order valence-corrected chi connectivity index (χ3v) is 26.8. The van der Waals surface area contributed by atoms with E-state index in [1.54, 1.807) is 12.2 Å². The Hall–Kier alpha value is -2.84. The van der Waals surface area contributed by atoms with Crippen molar-refractivity contribution in [2.45, 2.75) is 462 Å². The molecule has 19 nitrogen and oxygen atoms in total. The SMILES string of the molecule is C=CCNC1CC(C)(C)N(C)C(C)(C)C1.C=CCNC1CC(C)(C)N(CO)C(C)(C)C1.C=CCNC1CC(C)(C)NC(C)(C)C1.C=CCOC1CC(C)(C)N(C)C(C)(C)C1.C=CCOC1CC(C)(C)N(C)C(C)(C)C1.C=CCOC1CC(C)(C)N(CO)C(C)(C)C1.C=CCOC1CC(C)(C)N(O)C(C)(C)C1.C=CCOC1CC(C)(C)NC(C)(C)C1. The molecule has 0 radical (unpaired) electrons. The fraction of sp³-hybridized carbons (Fsp3) is 0.842. The van der Waals surface area contributed by atoms with Crippen LogP contribution in [0.1, 0.15) is 324 Å². The number of nitrogens with zero attached hydrogens (tertiary/aromatic N) is 6. The van der Waals surface area contributed by atoms with Crippen LogP contribution in [0, 0.1) is 0 Å². The van der Waals surface area contributed by atoms with Gasteiger partial charge in [0.25, 0.3) is 0 Å². The Balaban J connectivity index is 0.000000686. The van der Waals surface area contributed by atoms with Gasteiger partial charge in [0.1, 0.15) is 0 Å². The van der Waals surface area contributed by atoms with E-state index in [0.717, 1.165) is 96.7 Å². The highest BCUT2D eigenvalue weighted by atomic mass is 16.5. The Morgan fingerprint density at radius 1 is 0.267 bits per heavy atom. The minimum atomic E-state index is -0.229. The molecule has 120 heavy (non-hydrogen) atoms. The van der Waals surface area contributed by atoms with Gasteiger partial charge in [-0.15, -0.1) is 52.6 Å². The number of hydrogen-bond acceptors (Lipinski definition) is 19. The van der Waals surface area contributed by atoms with Crippen molar-refractivity contribution in [2.24, 2.45) is 0 Å². The third-order valence-electron chi connectivity index (χ3n) is 26.8. The van der Waals surface area contributed by atoms with E-state index >= 15 is 0 Å². The standard InChI is InChI=1S/C13H26N2O.C13H26N2.C13H25NO2.2C13H25NO.C12H24N2.C12H23NO2.C12H23NO/c1-6-7-14-11-8-12(2,3)15(10-16)13(4,5)9-11;1-7-8-14-11-9-12(2,3)15(6)13(4,5)10-11;1-6-7-16-11-8-12(2,3)14(10-15)13(4,5)9-11;2*1-7-8-15-11-9-12(2,3)14(6)13(4,5)10-11;1-6-7-13-10-8-11(2,3)14-12(4,5)9-10;1-6-7-15-10-8-11(2,3)13(14)12(4,5)9-10;1-6-7-14-10-8-11(2,3)13-12(4,5)9-10/h6,11,14,16H,1,7-10H2,2-5H3;7,11,14H,1,8-10H2,2-6H3;6,11,15H,1,7-10H2,2-5H3;2*7,11H,1,8-10H2,2-6H3;6,10,13-14H,1,7-9H2,2-5H3;6,10,14H,1,7-9H2,2-5H3;6,10,13H,1,7-9H2,2-5H3. The van der Waals surface area contributed by atoms with E-state index in [-0.39, 0.29) is 114 Å². The predicted octanol–water partition coefficient (Wildman–Crippen LogP) is 19.2. The molecule has 0 aromatic heterocycles. The molecule has 8 rings (SSSR count). The first kappa shape index (κ1) is 115. The molecule has 704 valence electrons. The van der Waals surface area contributed by atoms with E-state index in [4.69, 9.17) is 23.7 Å². The maximum absolute atomic E-state index is 10.1. The van der Waals surface area contributed by atoms with Gasteiger partial charge in [-0.05, 0) is 345 Å². The van der Waals surface area contributed by atoms with Gasteiger partial charge in [0.15, 0.2) is 0 Å². The van der Waals surface area contributed by atoms with Crippen LogP contribution in [0.3, 0.4) is 0 Å². The molecule has 0 atom stereocenters. The molecule has 8 saturated heterocycles. The zero-order valence-corrected chi connectivity index (χ0v) is 84.8. The number of hydrogen-bond donors (Lipinski definition) is 8. The Bertz CT molecular complexity index is 2600. The number of rotatable bonds is 26. The lowest BCUT2D eigenvalue weighted by molar-refractivity contribution is -0.260. The molecule has 0 unspecified atom stereocenters. The molecule has 0 bridgehead atoms. The second-order valence-electron chi connectivity index (χ2n) is 46.3. The number of hydroxylamine groups is 2. The summed E-state index contributed by atoms with van der Waals surface area (Å²) in [5, 5.41) is 48.4. The molecule has 8 aliphatic rings. The number of likely N-dealkylation sites (tertiary alicyclic amines) is 5. The van der Waals surface area contributed by atoms with Gasteiger partial charge in [0.05, 0.1) is 77.0 Å². The van der Waals surface area contributed by atoms with Crippen LogP contribution in [0.15, 0.2) is 101 Å². The van der Waals surface area contributed by atoms with Crippen LogP contribution in [-0.4, -0.2) is 270 Å². The summed E-state index contributed by atoms with van der Waals surface area (Å²) in [5.74, 6) is 0. The van der Waals surface area contributed by atoms with Crippen LogP contribution in [0.4, 0.5) is 0 Å². The molecule has 19 heteroatoms. The zero-order chi connectivity index (χ0) is 93.2. The smallest absolute Gasteiger partial charge is 0.0965 e. The van der Waals surface area contributed by atoms with E-state index in [2.05, 4.69) is 319 Å². The minimum Gasteiger partial charge on any atom is -0.381 e. The summed E-state index contributed by atoms with van der Waals surface area (Å²) in [6.07, 6.45) is 33.4. The molecule has 8 aliphatic heterocycles. The third kappa shape index (κ3) is 38.6. The molecule has 8 fully saturated rings. The van der Waals surface area contributed by atoms with Gasteiger partial charge in [-0.3, -0.25) is 24.5 Å². The van der Waals surface area contributed by atoms with Crippen LogP contribution in [-0.2, 0) is 23.7 Å². The number of nitrogens with one attached hydrogen (secondary N) is 5. The van der Waals surface area contributed by atoms with Crippen molar-refractivity contribution in [3.05, 3.63) is 101 Å². The van der Waals surface area contributed by atoms with Gasteiger partial charge >= 0.3 is 0 Å². The summed E-state index contributed by atoms with van der Waals surface area (Å²) in [7, 11) is 6.66. The Kier molecular flexibility index (Phi) is 46.1. The van der Waals surface area contributed by atoms with E-state index in [1.807, 2.05) is 64.2 Å². The van der Waals surface area contributed by atoms with E-state index < -0.39 is 0 Å². The van der Waals surface area contributed by atoms with E-state index in [9.17, 15) is 15.4 Å². The van der Waals surface area contributed by atoms with Crippen molar-refractivity contribution in [1.29, 1.82) is 0 Å². The summed E-state index contributed by atoms with van der Waals surface area (Å²) in [4.78, 5) is 11.8. The second-order valence-corrected chi connectivity index (χ2v) is 46.3. The highest BCUT2D eigenvalue weighted by Gasteiger charge is 2.50. The van der Waals surface area contributed by atoms with Crippen LogP contribution in [0.5, 0.6) is 0 Å². The quantitative estimate of drug-likeness (QED) is 0.0382. The molecule has 0 amide bonds. The van der Waals surface area contributed by atoms with Crippen molar-refractivity contribution < 1.29 is 39.1 Å². The summed E-state index contributed by atoms with van der Waals surface area (Å²) in [6, 6.07) is 1.73. The van der Waals surface area contributed by atoms with Gasteiger partial charge in [-0.1, -0.05) is 48.6 Å². The predicted molar refractivity (Wildman–Crippen MR) is 516 cm³/mol. The van der Waals surface area contributed by atoms with E-state index in [0.29, 0.717) is 69.5 Å². The highest BCUT2D eigenvalue weighted by molar-refractivity contribution is 5.07. The number of aliphatic hydroxyl groups excluding tert-OH is 2. The number of piperidine rings is 8. The van der Waals surface area contributed by atoms with Crippen molar-refractivity contribution in [1.82, 2.24) is 56.1 Å². The summed E-state index contributed by atoms with van der Waals surface area (Å²) >= 11 is 0. The molecule has 8 N–H and O–H groups in total. The molecule has 0 aromatic carbocycles.